The van der Waals surface area contributed by atoms with Crippen LogP contribution in [-0.4, -0.2) is 38.7 Å². The molecule has 3 heterocycles. The molecule has 1 aliphatic heterocycles. The number of aryl methyl sites for hydroxylation is 1. The maximum atomic E-state index is 12.8. The third kappa shape index (κ3) is 4.09. The second-order valence-corrected chi connectivity index (χ2v) is 7.72. The van der Waals surface area contributed by atoms with Crippen molar-refractivity contribution in [3.8, 4) is 0 Å². The Morgan fingerprint density at radius 2 is 2.00 bits per heavy atom. The monoisotopic (exact) mass is 394 g/mol. The van der Waals surface area contributed by atoms with Crippen LogP contribution in [0.5, 0.6) is 0 Å². The molecule has 144 valence electrons. The van der Waals surface area contributed by atoms with E-state index in [0.29, 0.717) is 12.2 Å². The van der Waals surface area contributed by atoms with Gasteiger partial charge in [-0.25, -0.2) is 0 Å². The molecular formula is C22H23ClN4O. The van der Waals surface area contributed by atoms with Crippen LogP contribution in [0.3, 0.4) is 0 Å². The van der Waals surface area contributed by atoms with Crippen molar-refractivity contribution >= 4 is 17.5 Å². The Labute approximate surface area is 170 Å². The summed E-state index contributed by atoms with van der Waals surface area (Å²) in [4.78, 5) is 19.7. The zero-order valence-electron chi connectivity index (χ0n) is 15.9. The summed E-state index contributed by atoms with van der Waals surface area (Å²) in [6, 6.07) is 15.9. The van der Waals surface area contributed by atoms with E-state index in [0.717, 1.165) is 42.2 Å². The van der Waals surface area contributed by atoms with Gasteiger partial charge in [0.1, 0.15) is 5.69 Å². The molecular weight excluding hydrogens is 372 g/mol. The molecule has 5 nitrogen and oxygen atoms in total. The number of carbonyl (C=O) groups excluding carboxylic acids is 1. The normalized spacial score (nSPS) is 16.9. The molecule has 1 fully saturated rings. The number of pyridine rings is 1. The lowest BCUT2D eigenvalue weighted by molar-refractivity contribution is 0.0694. The average molecular weight is 395 g/mol. The van der Waals surface area contributed by atoms with Crippen LogP contribution >= 0.6 is 11.6 Å². The molecule has 1 aromatic carbocycles. The van der Waals surface area contributed by atoms with E-state index in [1.54, 1.807) is 24.0 Å². The molecule has 0 N–H and O–H groups in total. The van der Waals surface area contributed by atoms with Crippen LogP contribution in [0.2, 0.25) is 5.02 Å². The molecule has 0 spiro atoms. The Morgan fingerprint density at radius 1 is 1.18 bits per heavy atom. The van der Waals surface area contributed by atoms with Gasteiger partial charge >= 0.3 is 0 Å². The molecule has 1 amide bonds. The van der Waals surface area contributed by atoms with Crippen molar-refractivity contribution in [3.05, 3.63) is 82.4 Å². The summed E-state index contributed by atoms with van der Waals surface area (Å²) in [6.07, 6.45) is 4.47. The number of carbonyl (C=O) groups is 1. The van der Waals surface area contributed by atoms with Gasteiger partial charge in [-0.15, -0.1) is 0 Å². The smallest absolute Gasteiger partial charge is 0.272 e. The lowest BCUT2D eigenvalue weighted by atomic mass is 9.93. The molecule has 0 unspecified atom stereocenters. The Hall–Kier alpha value is -2.66. The fraction of sp³-hybridized carbons (Fsp3) is 0.318. The van der Waals surface area contributed by atoms with Gasteiger partial charge in [0, 0.05) is 55.1 Å². The maximum Gasteiger partial charge on any atom is 0.272 e. The van der Waals surface area contributed by atoms with Crippen molar-refractivity contribution in [2.45, 2.75) is 25.2 Å². The standard InChI is InChI=1S/C22H23ClN4O/c1-26-21(11-12-24-26)22(28)27-13-3-4-17(15-27)20-6-2-5-19(25-20)14-16-7-9-18(23)10-8-16/h2,5-12,17H,3-4,13-15H2,1H3/t17-/m0/s1. The van der Waals surface area contributed by atoms with E-state index in [1.807, 2.05) is 29.2 Å². The molecule has 3 aromatic rings. The van der Waals surface area contributed by atoms with Gasteiger partial charge < -0.3 is 4.90 Å². The lowest BCUT2D eigenvalue weighted by Crippen LogP contribution is -2.40. The lowest BCUT2D eigenvalue weighted by Gasteiger charge is -2.32. The minimum absolute atomic E-state index is 0.0435. The number of benzene rings is 1. The van der Waals surface area contributed by atoms with E-state index in [4.69, 9.17) is 16.6 Å². The summed E-state index contributed by atoms with van der Waals surface area (Å²) in [5, 5.41) is 4.86. The van der Waals surface area contributed by atoms with Crippen LogP contribution in [0.25, 0.3) is 0 Å². The highest BCUT2D eigenvalue weighted by Gasteiger charge is 2.27. The largest absolute Gasteiger partial charge is 0.337 e. The number of rotatable bonds is 4. The highest BCUT2D eigenvalue weighted by Crippen LogP contribution is 2.27. The van der Waals surface area contributed by atoms with Crippen molar-refractivity contribution in [2.75, 3.05) is 13.1 Å². The van der Waals surface area contributed by atoms with Gasteiger partial charge in [0.15, 0.2) is 0 Å². The summed E-state index contributed by atoms with van der Waals surface area (Å²) in [7, 11) is 1.80. The van der Waals surface area contributed by atoms with Crippen molar-refractivity contribution < 1.29 is 4.79 Å². The molecule has 0 saturated carbocycles. The minimum Gasteiger partial charge on any atom is -0.337 e. The molecule has 28 heavy (non-hydrogen) atoms. The van der Waals surface area contributed by atoms with Gasteiger partial charge in [-0.3, -0.25) is 14.5 Å². The predicted molar refractivity (Wildman–Crippen MR) is 110 cm³/mol. The van der Waals surface area contributed by atoms with E-state index < -0.39 is 0 Å². The molecule has 6 heteroatoms. The number of halogens is 1. The number of amides is 1. The summed E-state index contributed by atoms with van der Waals surface area (Å²) >= 11 is 5.97. The summed E-state index contributed by atoms with van der Waals surface area (Å²) in [6.45, 7) is 1.48. The summed E-state index contributed by atoms with van der Waals surface area (Å²) < 4.78 is 1.64. The number of aromatic nitrogens is 3. The van der Waals surface area contributed by atoms with E-state index >= 15 is 0 Å². The number of nitrogens with zero attached hydrogens (tertiary/aromatic N) is 4. The van der Waals surface area contributed by atoms with Crippen molar-refractivity contribution in [2.24, 2.45) is 7.05 Å². The molecule has 0 bridgehead atoms. The quantitative estimate of drug-likeness (QED) is 0.670. The van der Waals surface area contributed by atoms with Crippen molar-refractivity contribution in [1.29, 1.82) is 0 Å². The van der Waals surface area contributed by atoms with Crippen LogP contribution in [0, 0.1) is 0 Å². The Bertz CT molecular complexity index is 967. The van der Waals surface area contributed by atoms with E-state index in [-0.39, 0.29) is 11.8 Å². The maximum absolute atomic E-state index is 12.8. The molecule has 1 atom stereocenters. The zero-order valence-corrected chi connectivity index (χ0v) is 16.6. The van der Waals surface area contributed by atoms with Crippen LogP contribution in [0.1, 0.15) is 46.2 Å². The van der Waals surface area contributed by atoms with Crippen LogP contribution in [-0.2, 0) is 13.5 Å². The highest BCUT2D eigenvalue weighted by molar-refractivity contribution is 6.30. The van der Waals surface area contributed by atoms with Crippen molar-refractivity contribution in [1.82, 2.24) is 19.7 Å². The fourth-order valence-corrected chi connectivity index (χ4v) is 3.91. The molecule has 0 aliphatic carbocycles. The summed E-state index contributed by atoms with van der Waals surface area (Å²) in [5.74, 6) is 0.304. The number of hydrogen-bond donors (Lipinski definition) is 0. The SMILES string of the molecule is Cn1nccc1C(=O)N1CCC[C@H](c2cccc(Cc3ccc(Cl)cc3)n2)C1. The average Bonchev–Trinajstić information content (AvgIpc) is 3.15. The Balaban J connectivity index is 1.48. The second-order valence-electron chi connectivity index (χ2n) is 7.29. The molecule has 4 rings (SSSR count). The number of piperidine rings is 1. The molecule has 2 aromatic heterocycles. The minimum atomic E-state index is 0.0435. The number of hydrogen-bond acceptors (Lipinski definition) is 3. The van der Waals surface area contributed by atoms with Gasteiger partial charge in [0.25, 0.3) is 5.91 Å². The third-order valence-electron chi connectivity index (χ3n) is 5.29. The highest BCUT2D eigenvalue weighted by atomic mass is 35.5. The first kappa shape index (κ1) is 18.7. The Morgan fingerprint density at radius 3 is 2.75 bits per heavy atom. The van der Waals surface area contributed by atoms with E-state index in [2.05, 4.69) is 23.3 Å². The first-order valence-corrected chi connectivity index (χ1v) is 9.95. The Kier molecular flexibility index (Phi) is 5.44. The first-order valence-electron chi connectivity index (χ1n) is 9.58. The number of likely N-dealkylation sites (tertiary alicyclic amines) is 1. The topological polar surface area (TPSA) is 51.0 Å². The molecule has 0 radical (unpaired) electrons. The summed E-state index contributed by atoms with van der Waals surface area (Å²) in [5.41, 5.74) is 3.92. The van der Waals surface area contributed by atoms with Crippen molar-refractivity contribution in [3.63, 3.8) is 0 Å². The molecule has 1 aliphatic rings. The predicted octanol–water partition coefficient (Wildman–Crippen LogP) is 4.08. The zero-order chi connectivity index (χ0) is 19.5. The van der Waals surface area contributed by atoms with Gasteiger partial charge in [0.05, 0.1) is 0 Å². The van der Waals surface area contributed by atoms with E-state index in [1.165, 1.54) is 5.56 Å². The van der Waals surface area contributed by atoms with Gasteiger partial charge in [-0.05, 0) is 48.7 Å². The fourth-order valence-electron chi connectivity index (χ4n) is 3.78. The van der Waals surface area contributed by atoms with E-state index in [9.17, 15) is 4.79 Å². The van der Waals surface area contributed by atoms with Crippen LogP contribution in [0.15, 0.2) is 54.7 Å². The van der Waals surface area contributed by atoms with Gasteiger partial charge in [-0.1, -0.05) is 29.8 Å². The van der Waals surface area contributed by atoms with Gasteiger partial charge in [0.2, 0.25) is 0 Å². The second kappa shape index (κ2) is 8.15. The third-order valence-corrected chi connectivity index (χ3v) is 5.55. The van der Waals surface area contributed by atoms with Gasteiger partial charge in [-0.2, -0.15) is 5.10 Å². The first-order chi connectivity index (χ1) is 13.6. The van der Waals surface area contributed by atoms with Crippen LogP contribution < -0.4 is 0 Å². The molecule has 1 saturated heterocycles. The van der Waals surface area contributed by atoms with Crippen LogP contribution in [0.4, 0.5) is 0 Å².